The fraction of sp³-hybridized carbons (Fsp3) is 1.00. The molecule has 0 aromatic rings. The normalized spacial score (nSPS) is 28.8. The first-order valence-corrected chi connectivity index (χ1v) is 4.55. The van der Waals surface area contributed by atoms with E-state index in [1.54, 1.807) is 0 Å². The molecule has 1 rings (SSSR count). The number of hydrogen-bond acceptors (Lipinski definition) is 1. The molecule has 0 spiro atoms. The van der Waals surface area contributed by atoms with Gasteiger partial charge in [0, 0.05) is 0 Å². The highest BCUT2D eigenvalue weighted by Gasteiger charge is 2.19. The van der Waals surface area contributed by atoms with Gasteiger partial charge in [0.2, 0.25) is 0 Å². The van der Waals surface area contributed by atoms with Gasteiger partial charge in [-0.2, -0.15) is 0 Å². The maximum Gasteiger partial charge on any atom is -0.00175 e. The second-order valence-corrected chi connectivity index (χ2v) is 3.52. The third kappa shape index (κ3) is 1.98. The summed E-state index contributed by atoms with van der Waals surface area (Å²) in [5.74, 6) is 1.92. The van der Waals surface area contributed by atoms with Gasteiger partial charge in [-0.05, 0) is 31.3 Å². The zero-order valence-electron chi connectivity index (χ0n) is 7.19. The van der Waals surface area contributed by atoms with Gasteiger partial charge in [0.05, 0.1) is 0 Å². The smallest absolute Gasteiger partial charge is 0.00175 e. The maximum absolute atomic E-state index is 3.41. The first kappa shape index (κ1) is 8.06. The summed E-state index contributed by atoms with van der Waals surface area (Å²) in [6.07, 6.45) is 4.16. The molecule has 0 aromatic heterocycles. The highest BCUT2D eigenvalue weighted by Crippen LogP contribution is 2.22. The van der Waals surface area contributed by atoms with Gasteiger partial charge in [0.15, 0.2) is 0 Å². The van der Waals surface area contributed by atoms with Gasteiger partial charge >= 0.3 is 0 Å². The van der Waals surface area contributed by atoms with Crippen LogP contribution in [0.15, 0.2) is 0 Å². The molecule has 1 aliphatic heterocycles. The Hall–Kier alpha value is -0.0400. The topological polar surface area (TPSA) is 12.0 Å². The fourth-order valence-corrected chi connectivity index (χ4v) is 1.85. The van der Waals surface area contributed by atoms with Gasteiger partial charge < -0.3 is 5.32 Å². The van der Waals surface area contributed by atoms with E-state index in [2.05, 4.69) is 19.2 Å². The van der Waals surface area contributed by atoms with Crippen LogP contribution < -0.4 is 5.32 Å². The average molecular weight is 141 g/mol. The molecule has 2 atom stereocenters. The van der Waals surface area contributed by atoms with Crippen LogP contribution in [0.3, 0.4) is 0 Å². The Balaban J connectivity index is 2.18. The molecule has 1 heterocycles. The van der Waals surface area contributed by atoms with Crippen LogP contribution in [0.4, 0.5) is 0 Å². The van der Waals surface area contributed by atoms with E-state index in [0.717, 1.165) is 11.8 Å². The fourth-order valence-electron chi connectivity index (χ4n) is 1.85. The Morgan fingerprint density at radius 3 is 2.90 bits per heavy atom. The van der Waals surface area contributed by atoms with Gasteiger partial charge in [-0.15, -0.1) is 0 Å². The summed E-state index contributed by atoms with van der Waals surface area (Å²) < 4.78 is 0. The van der Waals surface area contributed by atoms with E-state index in [9.17, 15) is 0 Å². The average Bonchev–Trinajstić information content (AvgIpc) is 2.38. The van der Waals surface area contributed by atoms with E-state index in [4.69, 9.17) is 0 Å². The Morgan fingerprint density at radius 1 is 1.60 bits per heavy atom. The molecule has 0 bridgehead atoms. The van der Waals surface area contributed by atoms with E-state index < -0.39 is 0 Å². The monoisotopic (exact) mass is 141 g/mol. The standard InChI is InChI=1S/C9H19N/c1-3-4-8(2)9-5-6-10-7-9/h8-10H,3-7H2,1-2H3. The number of hydrogen-bond donors (Lipinski definition) is 1. The number of nitrogens with one attached hydrogen (secondary N) is 1. The summed E-state index contributed by atoms with van der Waals surface area (Å²) in [7, 11) is 0. The van der Waals surface area contributed by atoms with Crippen molar-refractivity contribution in [2.45, 2.75) is 33.1 Å². The predicted molar refractivity (Wildman–Crippen MR) is 45.0 cm³/mol. The van der Waals surface area contributed by atoms with Gasteiger partial charge in [-0.3, -0.25) is 0 Å². The molecule has 2 unspecified atom stereocenters. The second-order valence-electron chi connectivity index (χ2n) is 3.52. The Labute approximate surface area is 64.2 Å². The third-order valence-electron chi connectivity index (χ3n) is 2.65. The van der Waals surface area contributed by atoms with Crippen LogP contribution in [0.5, 0.6) is 0 Å². The van der Waals surface area contributed by atoms with Crippen molar-refractivity contribution in [2.75, 3.05) is 13.1 Å². The molecule has 10 heavy (non-hydrogen) atoms. The van der Waals surface area contributed by atoms with Gasteiger partial charge in [-0.1, -0.05) is 26.7 Å². The van der Waals surface area contributed by atoms with E-state index in [1.807, 2.05) is 0 Å². The van der Waals surface area contributed by atoms with Crippen LogP contribution in [0, 0.1) is 11.8 Å². The minimum atomic E-state index is 0.944. The van der Waals surface area contributed by atoms with Crippen molar-refractivity contribution in [2.24, 2.45) is 11.8 Å². The molecule has 1 fully saturated rings. The van der Waals surface area contributed by atoms with Crippen LogP contribution in [-0.4, -0.2) is 13.1 Å². The lowest BCUT2D eigenvalue weighted by atomic mass is 9.90. The molecule has 1 heteroatoms. The summed E-state index contributed by atoms with van der Waals surface area (Å²) >= 11 is 0. The molecule has 0 aliphatic carbocycles. The molecule has 1 aliphatic rings. The Kier molecular flexibility index (Phi) is 3.20. The van der Waals surface area contributed by atoms with E-state index >= 15 is 0 Å². The van der Waals surface area contributed by atoms with Crippen molar-refractivity contribution in [1.29, 1.82) is 0 Å². The van der Waals surface area contributed by atoms with Crippen molar-refractivity contribution in [3.05, 3.63) is 0 Å². The summed E-state index contributed by atoms with van der Waals surface area (Å²) in [6, 6.07) is 0. The van der Waals surface area contributed by atoms with Crippen molar-refractivity contribution < 1.29 is 0 Å². The van der Waals surface area contributed by atoms with Crippen LogP contribution in [-0.2, 0) is 0 Å². The first-order chi connectivity index (χ1) is 4.84. The molecule has 0 aromatic carbocycles. The van der Waals surface area contributed by atoms with E-state index in [1.165, 1.54) is 32.4 Å². The third-order valence-corrected chi connectivity index (χ3v) is 2.65. The van der Waals surface area contributed by atoms with Crippen LogP contribution >= 0.6 is 0 Å². The van der Waals surface area contributed by atoms with Gasteiger partial charge in [0.25, 0.3) is 0 Å². The lowest BCUT2D eigenvalue weighted by Crippen LogP contribution is -2.15. The molecular weight excluding hydrogens is 122 g/mol. The Bertz CT molecular complexity index is 84.7. The van der Waals surface area contributed by atoms with Crippen molar-refractivity contribution in [3.8, 4) is 0 Å². The molecule has 60 valence electrons. The minimum Gasteiger partial charge on any atom is -0.316 e. The van der Waals surface area contributed by atoms with Crippen molar-refractivity contribution >= 4 is 0 Å². The van der Waals surface area contributed by atoms with Gasteiger partial charge in [-0.25, -0.2) is 0 Å². The minimum absolute atomic E-state index is 0.944. The summed E-state index contributed by atoms with van der Waals surface area (Å²) in [6.45, 7) is 7.18. The Morgan fingerprint density at radius 2 is 2.40 bits per heavy atom. The van der Waals surface area contributed by atoms with Crippen LogP contribution in [0.1, 0.15) is 33.1 Å². The van der Waals surface area contributed by atoms with E-state index in [0.29, 0.717) is 0 Å². The largest absolute Gasteiger partial charge is 0.316 e. The van der Waals surface area contributed by atoms with E-state index in [-0.39, 0.29) is 0 Å². The molecular formula is C9H19N. The summed E-state index contributed by atoms with van der Waals surface area (Å²) in [5, 5.41) is 3.41. The number of rotatable bonds is 3. The second kappa shape index (κ2) is 3.97. The molecule has 0 radical (unpaired) electrons. The molecule has 0 amide bonds. The molecule has 0 saturated carbocycles. The maximum atomic E-state index is 3.41. The zero-order valence-corrected chi connectivity index (χ0v) is 7.19. The van der Waals surface area contributed by atoms with Crippen molar-refractivity contribution in [1.82, 2.24) is 5.32 Å². The first-order valence-electron chi connectivity index (χ1n) is 4.55. The van der Waals surface area contributed by atoms with Crippen LogP contribution in [0.2, 0.25) is 0 Å². The summed E-state index contributed by atoms with van der Waals surface area (Å²) in [5.41, 5.74) is 0. The zero-order chi connectivity index (χ0) is 7.40. The van der Waals surface area contributed by atoms with Crippen molar-refractivity contribution in [3.63, 3.8) is 0 Å². The highest BCUT2D eigenvalue weighted by molar-refractivity contribution is 4.75. The lowest BCUT2D eigenvalue weighted by molar-refractivity contribution is 0.361. The quantitative estimate of drug-likeness (QED) is 0.634. The SMILES string of the molecule is CCCC(C)C1CCNC1. The van der Waals surface area contributed by atoms with Gasteiger partial charge in [0.1, 0.15) is 0 Å². The molecule has 1 nitrogen and oxygen atoms in total. The molecule has 1 N–H and O–H groups in total. The predicted octanol–water partition coefficient (Wildman–Crippen LogP) is 2.03. The summed E-state index contributed by atoms with van der Waals surface area (Å²) in [4.78, 5) is 0. The van der Waals surface area contributed by atoms with Crippen LogP contribution in [0.25, 0.3) is 0 Å². The highest BCUT2D eigenvalue weighted by atomic mass is 14.9. The molecule has 1 saturated heterocycles. The lowest BCUT2D eigenvalue weighted by Gasteiger charge is -2.16.